The summed E-state index contributed by atoms with van der Waals surface area (Å²) in [5.74, 6) is 0.469. The highest BCUT2D eigenvalue weighted by molar-refractivity contribution is 5.82. The fourth-order valence-corrected chi connectivity index (χ4v) is 2.08. The van der Waals surface area contributed by atoms with Gasteiger partial charge in [-0.15, -0.1) is 0 Å². The van der Waals surface area contributed by atoms with E-state index in [1.165, 1.54) is 0 Å². The van der Waals surface area contributed by atoms with Crippen molar-refractivity contribution in [3.63, 3.8) is 0 Å². The Morgan fingerprint density at radius 2 is 2.25 bits per heavy atom. The van der Waals surface area contributed by atoms with E-state index in [1.54, 1.807) is 0 Å². The van der Waals surface area contributed by atoms with Gasteiger partial charge in [0.1, 0.15) is 0 Å². The van der Waals surface area contributed by atoms with Crippen molar-refractivity contribution in [2.75, 3.05) is 13.1 Å². The molecule has 0 saturated heterocycles. The third-order valence-corrected chi connectivity index (χ3v) is 3.84. The summed E-state index contributed by atoms with van der Waals surface area (Å²) in [5, 5.41) is 12.3. The number of nitrogens with one attached hydrogen (secondary N) is 1. The number of carbonyl (C=O) groups is 1. The quantitative estimate of drug-likeness (QED) is 0.646. The highest BCUT2D eigenvalue weighted by Crippen LogP contribution is 2.25. The molecule has 3 atom stereocenters. The van der Waals surface area contributed by atoms with Gasteiger partial charge in [-0.05, 0) is 38.5 Å². The van der Waals surface area contributed by atoms with Crippen LogP contribution in [0, 0.1) is 11.3 Å². The summed E-state index contributed by atoms with van der Waals surface area (Å²) < 4.78 is 0. The van der Waals surface area contributed by atoms with Gasteiger partial charge in [-0.1, -0.05) is 6.92 Å². The molecule has 4 N–H and O–H groups in total. The van der Waals surface area contributed by atoms with Gasteiger partial charge in [-0.2, -0.15) is 0 Å². The largest absolute Gasteiger partial charge is 0.393 e. The Morgan fingerprint density at radius 3 is 2.69 bits per heavy atom. The van der Waals surface area contributed by atoms with Crippen molar-refractivity contribution < 1.29 is 9.90 Å². The van der Waals surface area contributed by atoms with E-state index in [9.17, 15) is 9.90 Å². The number of rotatable bonds is 5. The third-order valence-electron chi connectivity index (χ3n) is 3.84. The first-order valence-electron chi connectivity index (χ1n) is 6.18. The van der Waals surface area contributed by atoms with Gasteiger partial charge in [-0.3, -0.25) is 4.79 Å². The van der Waals surface area contributed by atoms with E-state index in [1.807, 2.05) is 13.8 Å². The molecule has 0 aliphatic heterocycles. The van der Waals surface area contributed by atoms with Gasteiger partial charge in [0.2, 0.25) is 5.91 Å². The number of nitrogens with two attached hydrogens (primary N) is 1. The van der Waals surface area contributed by atoms with E-state index in [4.69, 9.17) is 5.73 Å². The summed E-state index contributed by atoms with van der Waals surface area (Å²) in [5.41, 5.74) is 5.18. The number of aliphatic hydroxyl groups is 1. The summed E-state index contributed by atoms with van der Waals surface area (Å²) in [6.07, 6.45) is 3.26. The Balaban J connectivity index is 2.34. The van der Waals surface area contributed by atoms with Crippen LogP contribution in [0.2, 0.25) is 0 Å². The highest BCUT2D eigenvalue weighted by Gasteiger charge is 2.30. The molecule has 0 spiro atoms. The maximum Gasteiger partial charge on any atom is 0.227 e. The molecule has 16 heavy (non-hydrogen) atoms. The molecule has 1 aliphatic rings. The normalized spacial score (nSPS) is 28.8. The maximum atomic E-state index is 11.9. The predicted octanol–water partition coefficient (Wildman–Crippen LogP) is 0.639. The third kappa shape index (κ3) is 3.19. The highest BCUT2D eigenvalue weighted by atomic mass is 16.3. The molecule has 1 aliphatic carbocycles. The molecule has 3 unspecified atom stereocenters. The lowest BCUT2D eigenvalue weighted by Gasteiger charge is -2.25. The minimum atomic E-state index is -0.447. The van der Waals surface area contributed by atoms with Crippen molar-refractivity contribution in [3.8, 4) is 0 Å². The summed E-state index contributed by atoms with van der Waals surface area (Å²) in [7, 11) is 0. The molecule has 0 aromatic heterocycles. The molecule has 94 valence electrons. The van der Waals surface area contributed by atoms with E-state index in [0.717, 1.165) is 25.7 Å². The van der Waals surface area contributed by atoms with Crippen LogP contribution in [-0.4, -0.2) is 30.2 Å². The predicted molar refractivity (Wildman–Crippen MR) is 63.8 cm³/mol. The van der Waals surface area contributed by atoms with Crippen LogP contribution in [-0.2, 0) is 4.79 Å². The van der Waals surface area contributed by atoms with Crippen molar-refractivity contribution in [1.82, 2.24) is 5.32 Å². The molecule has 1 fully saturated rings. The monoisotopic (exact) mass is 228 g/mol. The molecule has 0 radical (unpaired) electrons. The second-order valence-corrected chi connectivity index (χ2v) is 5.16. The zero-order valence-electron chi connectivity index (χ0n) is 10.3. The van der Waals surface area contributed by atoms with Crippen LogP contribution in [0.1, 0.15) is 39.5 Å². The number of hydrogen-bond acceptors (Lipinski definition) is 3. The molecule has 1 saturated carbocycles. The van der Waals surface area contributed by atoms with Crippen LogP contribution in [0.15, 0.2) is 0 Å². The van der Waals surface area contributed by atoms with Gasteiger partial charge < -0.3 is 16.2 Å². The lowest BCUT2D eigenvalue weighted by molar-refractivity contribution is -0.130. The Hall–Kier alpha value is -0.610. The minimum Gasteiger partial charge on any atom is -0.393 e. The van der Waals surface area contributed by atoms with Crippen LogP contribution in [0.25, 0.3) is 0 Å². The average molecular weight is 228 g/mol. The molecular weight excluding hydrogens is 204 g/mol. The van der Waals surface area contributed by atoms with Crippen molar-refractivity contribution in [2.24, 2.45) is 17.1 Å². The molecule has 0 bridgehead atoms. The fourth-order valence-electron chi connectivity index (χ4n) is 2.08. The minimum absolute atomic E-state index is 0.0406. The molecule has 0 aromatic rings. The second kappa shape index (κ2) is 5.64. The standard InChI is InChI=1S/C12H24N2O2/c1-3-12(2,8-13)11(16)14-7-9-4-5-10(15)6-9/h9-10,15H,3-8,13H2,1-2H3,(H,14,16). The van der Waals surface area contributed by atoms with Crippen molar-refractivity contribution in [2.45, 2.75) is 45.6 Å². The van der Waals surface area contributed by atoms with E-state index in [2.05, 4.69) is 5.32 Å². The summed E-state index contributed by atoms with van der Waals surface area (Å²) >= 11 is 0. The smallest absolute Gasteiger partial charge is 0.227 e. The molecule has 4 nitrogen and oxygen atoms in total. The Morgan fingerprint density at radius 1 is 1.56 bits per heavy atom. The summed E-state index contributed by atoms with van der Waals surface area (Å²) in [6.45, 7) is 4.92. The van der Waals surface area contributed by atoms with Gasteiger partial charge in [0.05, 0.1) is 11.5 Å². The lowest BCUT2D eigenvalue weighted by Crippen LogP contribution is -2.44. The van der Waals surface area contributed by atoms with Gasteiger partial charge in [-0.25, -0.2) is 0 Å². The number of hydrogen-bond donors (Lipinski definition) is 3. The Bertz CT molecular complexity index is 239. The number of aliphatic hydroxyl groups excluding tert-OH is 1. The van der Waals surface area contributed by atoms with Crippen LogP contribution in [0.4, 0.5) is 0 Å². The molecule has 0 aromatic carbocycles. The molecule has 4 heteroatoms. The van der Waals surface area contributed by atoms with Crippen LogP contribution in [0.3, 0.4) is 0 Å². The van der Waals surface area contributed by atoms with Gasteiger partial charge in [0.15, 0.2) is 0 Å². The molecule has 1 rings (SSSR count). The van der Waals surface area contributed by atoms with Crippen LogP contribution >= 0.6 is 0 Å². The number of amides is 1. The second-order valence-electron chi connectivity index (χ2n) is 5.16. The van der Waals surface area contributed by atoms with Crippen molar-refractivity contribution in [1.29, 1.82) is 0 Å². The van der Waals surface area contributed by atoms with Gasteiger partial charge >= 0.3 is 0 Å². The molecule has 1 amide bonds. The Kier molecular flexibility index (Phi) is 4.74. The first-order valence-corrected chi connectivity index (χ1v) is 6.18. The van der Waals surface area contributed by atoms with E-state index >= 15 is 0 Å². The Labute approximate surface area is 97.6 Å². The first kappa shape index (κ1) is 13.5. The SMILES string of the molecule is CCC(C)(CN)C(=O)NCC1CCC(O)C1. The van der Waals surface area contributed by atoms with Gasteiger partial charge in [0, 0.05) is 13.1 Å². The van der Waals surface area contributed by atoms with Crippen LogP contribution < -0.4 is 11.1 Å². The topological polar surface area (TPSA) is 75.4 Å². The summed E-state index contributed by atoms with van der Waals surface area (Å²) in [4.78, 5) is 11.9. The lowest BCUT2D eigenvalue weighted by atomic mass is 9.86. The van der Waals surface area contributed by atoms with E-state index in [-0.39, 0.29) is 12.0 Å². The fraction of sp³-hybridized carbons (Fsp3) is 0.917. The number of carbonyl (C=O) groups excluding carboxylic acids is 1. The zero-order chi connectivity index (χ0) is 12.2. The zero-order valence-corrected chi connectivity index (χ0v) is 10.3. The maximum absolute atomic E-state index is 11.9. The van der Waals surface area contributed by atoms with Crippen LogP contribution in [0.5, 0.6) is 0 Å². The average Bonchev–Trinajstić information content (AvgIpc) is 2.70. The van der Waals surface area contributed by atoms with Gasteiger partial charge in [0.25, 0.3) is 0 Å². The van der Waals surface area contributed by atoms with Crippen molar-refractivity contribution in [3.05, 3.63) is 0 Å². The van der Waals surface area contributed by atoms with E-state index in [0.29, 0.717) is 19.0 Å². The van der Waals surface area contributed by atoms with Crippen molar-refractivity contribution >= 4 is 5.91 Å². The van der Waals surface area contributed by atoms with E-state index < -0.39 is 5.41 Å². The first-order chi connectivity index (χ1) is 7.51. The molecular formula is C12H24N2O2. The summed E-state index contributed by atoms with van der Waals surface area (Å²) in [6, 6.07) is 0. The molecule has 0 heterocycles.